The second kappa shape index (κ2) is 8.22. The topological polar surface area (TPSA) is 83.0 Å². The standard InChI is InChI=1S/C21H25N3O4S/c1-13-15(3-4-16-17(13)12-28-21(16)27)18(25)11-24-9-6-14(7-10-24)20(26)23(2)19-5-8-22-29-19/h3-5,8,14,18,25H,6-7,9-12H2,1-2H3/t18-/m0/s1. The minimum Gasteiger partial charge on any atom is -0.457 e. The number of β-amino-alcohol motifs (C(OH)–C–C–N with tert-alkyl or cyclic N) is 1. The number of amides is 1. The Morgan fingerprint density at radius 2 is 2.14 bits per heavy atom. The van der Waals surface area contributed by atoms with Crippen molar-refractivity contribution in [3.8, 4) is 0 Å². The van der Waals surface area contributed by atoms with Gasteiger partial charge in [-0.1, -0.05) is 6.07 Å². The Morgan fingerprint density at radius 3 is 2.83 bits per heavy atom. The first kappa shape index (κ1) is 20.0. The molecule has 0 spiro atoms. The maximum absolute atomic E-state index is 12.7. The van der Waals surface area contributed by atoms with Gasteiger partial charge in [-0.3, -0.25) is 4.79 Å². The summed E-state index contributed by atoms with van der Waals surface area (Å²) in [7, 11) is 1.80. The van der Waals surface area contributed by atoms with Gasteiger partial charge >= 0.3 is 5.97 Å². The van der Waals surface area contributed by atoms with E-state index in [-0.39, 0.29) is 24.4 Å². The van der Waals surface area contributed by atoms with Gasteiger partial charge in [-0.2, -0.15) is 4.37 Å². The third-order valence-corrected chi connectivity index (χ3v) is 6.84. The van der Waals surface area contributed by atoms with Crippen LogP contribution in [-0.4, -0.2) is 52.9 Å². The van der Waals surface area contributed by atoms with Crippen molar-refractivity contribution >= 4 is 28.4 Å². The van der Waals surface area contributed by atoms with Crippen molar-refractivity contribution in [2.24, 2.45) is 5.92 Å². The molecule has 2 aliphatic rings. The lowest BCUT2D eigenvalue weighted by Gasteiger charge is -2.34. The van der Waals surface area contributed by atoms with Crippen LogP contribution in [0.25, 0.3) is 0 Å². The minimum absolute atomic E-state index is 0.000356. The number of fused-ring (bicyclic) bond motifs is 1. The van der Waals surface area contributed by atoms with Crippen molar-refractivity contribution in [3.63, 3.8) is 0 Å². The quantitative estimate of drug-likeness (QED) is 0.756. The molecule has 7 nitrogen and oxygen atoms in total. The summed E-state index contributed by atoms with van der Waals surface area (Å²) in [4.78, 5) is 28.3. The molecule has 0 unspecified atom stereocenters. The molecule has 154 valence electrons. The van der Waals surface area contributed by atoms with Crippen LogP contribution in [0.15, 0.2) is 24.4 Å². The zero-order valence-corrected chi connectivity index (χ0v) is 17.4. The van der Waals surface area contributed by atoms with Crippen LogP contribution >= 0.6 is 11.5 Å². The van der Waals surface area contributed by atoms with E-state index in [0.717, 1.165) is 47.6 Å². The molecule has 4 rings (SSSR count). The molecule has 1 fully saturated rings. The average Bonchev–Trinajstić information content (AvgIpc) is 3.38. The van der Waals surface area contributed by atoms with Crippen LogP contribution < -0.4 is 4.90 Å². The van der Waals surface area contributed by atoms with Gasteiger partial charge in [0.05, 0.1) is 11.7 Å². The van der Waals surface area contributed by atoms with Gasteiger partial charge in [0.1, 0.15) is 11.6 Å². The summed E-state index contributed by atoms with van der Waals surface area (Å²) in [6, 6.07) is 5.42. The Morgan fingerprint density at radius 1 is 1.38 bits per heavy atom. The summed E-state index contributed by atoms with van der Waals surface area (Å²) < 4.78 is 9.16. The highest BCUT2D eigenvalue weighted by molar-refractivity contribution is 7.10. The number of likely N-dealkylation sites (tertiary alicyclic amines) is 1. The summed E-state index contributed by atoms with van der Waals surface area (Å²) in [6.07, 6.45) is 2.63. The van der Waals surface area contributed by atoms with Crippen LogP contribution in [0.5, 0.6) is 0 Å². The molecule has 0 saturated carbocycles. The van der Waals surface area contributed by atoms with Gasteiger partial charge in [0.15, 0.2) is 0 Å². The summed E-state index contributed by atoms with van der Waals surface area (Å²) in [6.45, 7) is 4.27. The lowest BCUT2D eigenvalue weighted by atomic mass is 9.93. The number of aliphatic hydroxyl groups excluding tert-OH is 1. The smallest absolute Gasteiger partial charge is 0.338 e. The van der Waals surface area contributed by atoms with E-state index < -0.39 is 6.10 Å². The van der Waals surface area contributed by atoms with Gasteiger partial charge in [0, 0.05) is 31.3 Å². The SMILES string of the molecule is Cc1c([C@@H](O)CN2CCC(C(=O)N(C)c3ccns3)CC2)ccc2c1COC2=O. The number of piperidine rings is 1. The Hall–Kier alpha value is -2.29. The van der Waals surface area contributed by atoms with Crippen molar-refractivity contribution in [1.29, 1.82) is 0 Å². The lowest BCUT2D eigenvalue weighted by molar-refractivity contribution is -0.123. The van der Waals surface area contributed by atoms with Crippen molar-refractivity contribution in [2.75, 3.05) is 31.6 Å². The molecule has 3 heterocycles. The molecule has 1 N–H and O–H groups in total. The van der Waals surface area contributed by atoms with Gasteiger partial charge in [0.2, 0.25) is 5.91 Å². The Bertz CT molecular complexity index is 907. The molecule has 1 atom stereocenters. The molecular weight excluding hydrogens is 390 g/mol. The second-order valence-corrected chi connectivity index (χ2v) is 8.53. The number of aliphatic hydroxyl groups is 1. The molecule has 8 heteroatoms. The van der Waals surface area contributed by atoms with Crippen molar-refractivity contribution in [2.45, 2.75) is 32.5 Å². The molecule has 1 aromatic carbocycles. The highest BCUT2D eigenvalue weighted by atomic mass is 32.1. The van der Waals surface area contributed by atoms with E-state index in [0.29, 0.717) is 12.1 Å². The van der Waals surface area contributed by atoms with Crippen LogP contribution in [0.3, 0.4) is 0 Å². The van der Waals surface area contributed by atoms with Gasteiger partial charge in [-0.05, 0) is 67.6 Å². The van der Waals surface area contributed by atoms with E-state index in [9.17, 15) is 14.7 Å². The van der Waals surface area contributed by atoms with E-state index in [1.165, 1.54) is 11.5 Å². The number of hydrogen-bond acceptors (Lipinski definition) is 7. The number of aromatic nitrogens is 1. The highest BCUT2D eigenvalue weighted by Crippen LogP contribution is 2.30. The monoisotopic (exact) mass is 415 g/mol. The van der Waals surface area contributed by atoms with Gasteiger partial charge in [0.25, 0.3) is 0 Å². The predicted octanol–water partition coefficient (Wildman–Crippen LogP) is 2.53. The number of esters is 1. The Kier molecular flexibility index (Phi) is 5.67. The fourth-order valence-corrected chi connectivity index (χ4v) is 4.76. The number of rotatable bonds is 5. The molecule has 1 aromatic heterocycles. The van der Waals surface area contributed by atoms with Gasteiger partial charge in [-0.25, -0.2) is 4.79 Å². The molecule has 1 amide bonds. The number of carbonyl (C=O) groups excluding carboxylic acids is 2. The normalized spacial score (nSPS) is 18.4. The largest absolute Gasteiger partial charge is 0.457 e. The van der Waals surface area contributed by atoms with Crippen LogP contribution in [-0.2, 0) is 16.1 Å². The molecule has 0 radical (unpaired) electrons. The van der Waals surface area contributed by atoms with Crippen molar-refractivity contribution in [1.82, 2.24) is 9.27 Å². The van der Waals surface area contributed by atoms with E-state index >= 15 is 0 Å². The first-order valence-corrected chi connectivity index (χ1v) is 10.6. The Labute approximate surface area is 174 Å². The van der Waals surface area contributed by atoms with E-state index in [4.69, 9.17) is 4.74 Å². The Balaban J connectivity index is 1.34. The molecule has 29 heavy (non-hydrogen) atoms. The molecule has 2 aliphatic heterocycles. The third-order valence-electron chi connectivity index (χ3n) is 6.02. The zero-order valence-electron chi connectivity index (χ0n) is 16.6. The maximum Gasteiger partial charge on any atom is 0.338 e. The number of nitrogens with zero attached hydrogens (tertiary/aromatic N) is 3. The first-order valence-electron chi connectivity index (χ1n) is 9.84. The number of carbonyl (C=O) groups is 2. The number of cyclic esters (lactones) is 1. The lowest BCUT2D eigenvalue weighted by Crippen LogP contribution is -2.42. The van der Waals surface area contributed by atoms with Crippen LogP contribution in [0.4, 0.5) is 5.00 Å². The van der Waals surface area contributed by atoms with Crippen LogP contribution in [0.1, 0.15) is 46.0 Å². The number of benzene rings is 1. The maximum atomic E-state index is 12.7. The number of hydrogen-bond donors (Lipinski definition) is 1. The van der Waals surface area contributed by atoms with Gasteiger partial charge in [-0.15, -0.1) is 0 Å². The van der Waals surface area contributed by atoms with Crippen molar-refractivity contribution < 1.29 is 19.4 Å². The van der Waals surface area contributed by atoms with E-state index in [1.807, 2.05) is 19.1 Å². The second-order valence-electron chi connectivity index (χ2n) is 7.72. The van der Waals surface area contributed by atoms with Crippen LogP contribution in [0.2, 0.25) is 0 Å². The fraction of sp³-hybridized carbons (Fsp3) is 0.476. The van der Waals surface area contributed by atoms with E-state index in [1.54, 1.807) is 24.2 Å². The van der Waals surface area contributed by atoms with Gasteiger partial charge < -0.3 is 19.6 Å². The number of ether oxygens (including phenoxy) is 1. The molecular formula is C21H25N3O4S. The summed E-state index contributed by atoms with van der Waals surface area (Å²) in [5, 5.41) is 11.7. The molecule has 0 aliphatic carbocycles. The minimum atomic E-state index is -0.636. The average molecular weight is 416 g/mol. The fourth-order valence-electron chi connectivity index (χ4n) is 4.20. The number of anilines is 1. The predicted molar refractivity (Wildman–Crippen MR) is 110 cm³/mol. The van der Waals surface area contributed by atoms with E-state index in [2.05, 4.69) is 9.27 Å². The van der Waals surface area contributed by atoms with Crippen molar-refractivity contribution in [3.05, 3.63) is 46.6 Å². The third kappa shape index (κ3) is 3.92. The highest BCUT2D eigenvalue weighted by Gasteiger charge is 2.30. The van der Waals surface area contributed by atoms with Crippen LogP contribution in [0, 0.1) is 12.8 Å². The summed E-state index contributed by atoms with van der Waals surface area (Å²) in [5.74, 6) is -0.159. The molecule has 2 aromatic rings. The summed E-state index contributed by atoms with van der Waals surface area (Å²) >= 11 is 1.32. The first-order chi connectivity index (χ1) is 14.0. The molecule has 1 saturated heterocycles. The zero-order chi connectivity index (χ0) is 20.5. The molecule has 0 bridgehead atoms. The summed E-state index contributed by atoms with van der Waals surface area (Å²) in [5.41, 5.74) is 3.24.